The van der Waals surface area contributed by atoms with Crippen molar-refractivity contribution in [3.63, 3.8) is 0 Å². The van der Waals surface area contributed by atoms with E-state index in [-0.39, 0.29) is 18.1 Å². The molecule has 1 atom stereocenters. The molecule has 0 aliphatic carbocycles. The Labute approximate surface area is 71.8 Å². The molecule has 3 N–H and O–H groups in total. The molecule has 0 saturated heterocycles. The molecular formula is C8H15NO3. The van der Waals surface area contributed by atoms with Crippen molar-refractivity contribution in [3.8, 4) is 0 Å². The van der Waals surface area contributed by atoms with Gasteiger partial charge in [0.1, 0.15) is 5.78 Å². The molecule has 0 rings (SSSR count). The molecule has 0 aromatic carbocycles. The highest BCUT2D eigenvalue weighted by Crippen LogP contribution is 2.03. The van der Waals surface area contributed by atoms with Crippen LogP contribution in [0, 0.1) is 5.92 Å². The quantitative estimate of drug-likeness (QED) is 0.630. The van der Waals surface area contributed by atoms with Gasteiger partial charge in [0.05, 0.1) is 12.5 Å². The molecule has 0 heterocycles. The van der Waals surface area contributed by atoms with Crippen molar-refractivity contribution in [1.82, 2.24) is 0 Å². The van der Waals surface area contributed by atoms with Crippen molar-refractivity contribution >= 4 is 11.8 Å². The lowest BCUT2D eigenvalue weighted by Crippen LogP contribution is -2.33. The highest BCUT2D eigenvalue weighted by Gasteiger charge is 2.17. The smallest absolute Gasteiger partial charge is 0.305 e. The summed E-state index contributed by atoms with van der Waals surface area (Å²) in [6.07, 6.45) is 0.0833. The van der Waals surface area contributed by atoms with Gasteiger partial charge in [0.25, 0.3) is 0 Å². The Morgan fingerprint density at radius 2 is 1.83 bits per heavy atom. The average Bonchev–Trinajstić information content (AvgIpc) is 1.84. The largest absolute Gasteiger partial charge is 0.481 e. The van der Waals surface area contributed by atoms with Crippen LogP contribution in [0.3, 0.4) is 0 Å². The zero-order valence-electron chi connectivity index (χ0n) is 7.41. The van der Waals surface area contributed by atoms with Gasteiger partial charge in [-0.1, -0.05) is 13.8 Å². The van der Waals surface area contributed by atoms with Crippen LogP contribution in [0.2, 0.25) is 0 Å². The summed E-state index contributed by atoms with van der Waals surface area (Å²) in [4.78, 5) is 21.3. The summed E-state index contributed by atoms with van der Waals surface area (Å²) in [6.45, 7) is 3.79. The van der Waals surface area contributed by atoms with Crippen molar-refractivity contribution in [2.45, 2.75) is 32.7 Å². The summed E-state index contributed by atoms with van der Waals surface area (Å²) in [5.74, 6) is -0.968. The van der Waals surface area contributed by atoms with Gasteiger partial charge in [-0.25, -0.2) is 0 Å². The molecular weight excluding hydrogens is 158 g/mol. The van der Waals surface area contributed by atoms with Crippen LogP contribution in [0.25, 0.3) is 0 Å². The van der Waals surface area contributed by atoms with Gasteiger partial charge in [0.15, 0.2) is 0 Å². The fourth-order valence-corrected chi connectivity index (χ4v) is 0.856. The van der Waals surface area contributed by atoms with Crippen LogP contribution in [0.5, 0.6) is 0 Å². The number of nitrogens with two attached hydrogens (primary N) is 1. The van der Waals surface area contributed by atoms with Crippen molar-refractivity contribution in [2.24, 2.45) is 11.7 Å². The zero-order valence-corrected chi connectivity index (χ0v) is 7.41. The van der Waals surface area contributed by atoms with Gasteiger partial charge in [-0.2, -0.15) is 0 Å². The number of rotatable bonds is 5. The van der Waals surface area contributed by atoms with Gasteiger partial charge in [0.2, 0.25) is 0 Å². The first-order valence-corrected chi connectivity index (χ1v) is 3.93. The van der Waals surface area contributed by atoms with E-state index in [1.165, 1.54) is 0 Å². The number of aliphatic carboxylic acids is 1. The number of hydrogen-bond donors (Lipinski definition) is 2. The van der Waals surface area contributed by atoms with Gasteiger partial charge >= 0.3 is 5.97 Å². The molecule has 0 amide bonds. The van der Waals surface area contributed by atoms with Crippen molar-refractivity contribution in [2.75, 3.05) is 0 Å². The first-order valence-electron chi connectivity index (χ1n) is 3.93. The maximum Gasteiger partial charge on any atom is 0.305 e. The maximum atomic E-state index is 11.1. The molecule has 0 fully saturated rings. The van der Waals surface area contributed by atoms with Gasteiger partial charge in [0, 0.05) is 6.42 Å². The number of carbonyl (C=O) groups excluding carboxylic acids is 1. The van der Waals surface area contributed by atoms with Crippen LogP contribution in [-0.2, 0) is 9.59 Å². The number of carboxylic acid groups (broad SMARTS) is 1. The normalized spacial score (nSPS) is 13.0. The molecule has 0 unspecified atom stereocenters. The van der Waals surface area contributed by atoms with E-state index in [1.807, 2.05) is 13.8 Å². The van der Waals surface area contributed by atoms with Gasteiger partial charge < -0.3 is 10.8 Å². The number of Topliss-reactive ketones (excluding diaryl/α,β-unsaturated/α-hetero) is 1. The molecule has 4 heteroatoms. The number of carbonyl (C=O) groups is 2. The van der Waals surface area contributed by atoms with Crippen LogP contribution in [-0.4, -0.2) is 22.9 Å². The minimum Gasteiger partial charge on any atom is -0.481 e. The predicted octanol–water partition coefficient (Wildman–Crippen LogP) is 0.404. The Morgan fingerprint density at radius 1 is 1.33 bits per heavy atom. The van der Waals surface area contributed by atoms with Gasteiger partial charge in [-0.05, 0) is 5.92 Å². The van der Waals surface area contributed by atoms with E-state index in [1.54, 1.807) is 0 Å². The summed E-state index contributed by atoms with van der Waals surface area (Å²) in [5, 5.41) is 8.33. The minimum atomic E-state index is -1.03. The molecule has 0 aliphatic heterocycles. The second kappa shape index (κ2) is 4.87. The second-order valence-corrected chi connectivity index (χ2v) is 3.27. The Bertz CT molecular complexity index is 177. The van der Waals surface area contributed by atoms with E-state index < -0.39 is 12.0 Å². The standard InChI is InChI=1S/C8H15NO3/c1-5(2)3-7(10)6(9)4-8(11)12/h5-6H,3-4,9H2,1-2H3,(H,11,12)/t6-/m0/s1. The van der Waals surface area contributed by atoms with Crippen LogP contribution < -0.4 is 5.73 Å². The molecule has 0 aromatic heterocycles. The summed E-state index contributed by atoms with van der Waals surface area (Å²) < 4.78 is 0. The fraction of sp³-hybridized carbons (Fsp3) is 0.750. The van der Waals surface area contributed by atoms with Crippen molar-refractivity contribution < 1.29 is 14.7 Å². The van der Waals surface area contributed by atoms with Crippen molar-refractivity contribution in [3.05, 3.63) is 0 Å². The van der Waals surface area contributed by atoms with Crippen LogP contribution in [0.1, 0.15) is 26.7 Å². The monoisotopic (exact) mass is 173 g/mol. The van der Waals surface area contributed by atoms with E-state index in [4.69, 9.17) is 10.8 Å². The zero-order chi connectivity index (χ0) is 9.72. The Hall–Kier alpha value is -0.900. The second-order valence-electron chi connectivity index (χ2n) is 3.27. The molecule has 0 saturated carbocycles. The van der Waals surface area contributed by atoms with E-state index in [9.17, 15) is 9.59 Å². The summed E-state index contributed by atoms with van der Waals surface area (Å²) in [5.41, 5.74) is 5.34. The minimum absolute atomic E-state index is 0.174. The topological polar surface area (TPSA) is 80.4 Å². The molecule has 70 valence electrons. The van der Waals surface area contributed by atoms with E-state index in [0.717, 1.165) is 0 Å². The molecule has 0 aromatic rings. The summed E-state index contributed by atoms with van der Waals surface area (Å²) >= 11 is 0. The number of hydrogen-bond acceptors (Lipinski definition) is 3. The maximum absolute atomic E-state index is 11.1. The SMILES string of the molecule is CC(C)CC(=O)[C@@H](N)CC(=O)O. The number of carboxylic acids is 1. The number of ketones is 1. The highest BCUT2D eigenvalue weighted by molar-refractivity contribution is 5.87. The lowest BCUT2D eigenvalue weighted by atomic mass is 10.0. The molecule has 0 radical (unpaired) electrons. The first-order chi connectivity index (χ1) is 5.43. The Kier molecular flexibility index (Phi) is 4.51. The van der Waals surface area contributed by atoms with Crippen molar-refractivity contribution in [1.29, 1.82) is 0 Å². The highest BCUT2D eigenvalue weighted by atomic mass is 16.4. The van der Waals surface area contributed by atoms with E-state index in [2.05, 4.69) is 0 Å². The molecule has 0 aliphatic rings. The third-order valence-electron chi connectivity index (χ3n) is 1.42. The lowest BCUT2D eigenvalue weighted by Gasteiger charge is -2.08. The molecule has 12 heavy (non-hydrogen) atoms. The van der Waals surface area contributed by atoms with Crippen LogP contribution in [0.15, 0.2) is 0 Å². The molecule has 0 bridgehead atoms. The fourth-order valence-electron chi connectivity index (χ4n) is 0.856. The first kappa shape index (κ1) is 11.1. The third-order valence-corrected chi connectivity index (χ3v) is 1.42. The van der Waals surface area contributed by atoms with E-state index >= 15 is 0 Å². The summed E-state index contributed by atoms with van der Waals surface area (Å²) in [7, 11) is 0. The van der Waals surface area contributed by atoms with Gasteiger partial charge in [-0.15, -0.1) is 0 Å². The molecule has 0 spiro atoms. The lowest BCUT2D eigenvalue weighted by molar-refractivity contribution is -0.139. The van der Waals surface area contributed by atoms with E-state index in [0.29, 0.717) is 6.42 Å². The predicted molar refractivity (Wildman–Crippen MR) is 44.7 cm³/mol. The average molecular weight is 173 g/mol. The Balaban J connectivity index is 3.85. The van der Waals surface area contributed by atoms with Crippen LogP contribution in [0.4, 0.5) is 0 Å². The van der Waals surface area contributed by atoms with Gasteiger partial charge in [-0.3, -0.25) is 9.59 Å². The Morgan fingerprint density at radius 3 is 2.17 bits per heavy atom. The third kappa shape index (κ3) is 4.85. The van der Waals surface area contributed by atoms with Crippen LogP contribution >= 0.6 is 0 Å². The molecule has 4 nitrogen and oxygen atoms in total. The summed E-state index contributed by atoms with van der Waals surface area (Å²) in [6, 6.07) is -0.843.